The smallest absolute Gasteiger partial charge is 0.0687 e. The van der Waals surface area contributed by atoms with Crippen LogP contribution in [0.5, 0.6) is 0 Å². The van der Waals surface area contributed by atoms with Crippen molar-refractivity contribution in [3.05, 3.63) is 0 Å². The van der Waals surface area contributed by atoms with E-state index in [1.165, 1.54) is 51.4 Å². The van der Waals surface area contributed by atoms with E-state index in [4.69, 9.17) is 10.5 Å². The van der Waals surface area contributed by atoms with E-state index in [0.29, 0.717) is 11.7 Å². The van der Waals surface area contributed by atoms with Crippen LogP contribution in [0.3, 0.4) is 0 Å². The summed E-state index contributed by atoms with van der Waals surface area (Å²) in [5, 5.41) is 0. The lowest BCUT2D eigenvalue weighted by atomic mass is 9.98. The summed E-state index contributed by atoms with van der Waals surface area (Å²) in [5.41, 5.74) is 5.81. The third-order valence-electron chi connectivity index (χ3n) is 3.83. The SMILES string of the molecule is NCCCCC1CCC2(CCCC2)O1. The molecule has 0 radical (unpaired) electrons. The van der Waals surface area contributed by atoms with E-state index < -0.39 is 0 Å². The molecule has 0 aromatic rings. The van der Waals surface area contributed by atoms with E-state index in [1.54, 1.807) is 0 Å². The average molecular weight is 197 g/mol. The molecule has 2 N–H and O–H groups in total. The summed E-state index contributed by atoms with van der Waals surface area (Å²) in [6, 6.07) is 0. The van der Waals surface area contributed by atoms with Gasteiger partial charge in [0.2, 0.25) is 0 Å². The van der Waals surface area contributed by atoms with E-state index in [9.17, 15) is 0 Å². The Balaban J connectivity index is 1.71. The molecule has 14 heavy (non-hydrogen) atoms. The van der Waals surface area contributed by atoms with Crippen LogP contribution >= 0.6 is 0 Å². The molecule has 1 saturated heterocycles. The zero-order chi connectivity index (χ0) is 9.86. The maximum Gasteiger partial charge on any atom is 0.0687 e. The molecule has 1 heterocycles. The van der Waals surface area contributed by atoms with Crippen LogP contribution in [0.2, 0.25) is 0 Å². The highest BCUT2D eigenvalue weighted by atomic mass is 16.5. The van der Waals surface area contributed by atoms with Gasteiger partial charge in [-0.2, -0.15) is 0 Å². The number of rotatable bonds is 4. The van der Waals surface area contributed by atoms with E-state index in [-0.39, 0.29) is 0 Å². The minimum atomic E-state index is 0.327. The van der Waals surface area contributed by atoms with Crippen molar-refractivity contribution >= 4 is 0 Å². The Morgan fingerprint density at radius 1 is 1.14 bits per heavy atom. The molecular formula is C12H23NO. The fraction of sp³-hybridized carbons (Fsp3) is 1.00. The van der Waals surface area contributed by atoms with Crippen molar-refractivity contribution in [2.75, 3.05) is 6.54 Å². The first kappa shape index (κ1) is 10.4. The van der Waals surface area contributed by atoms with Crippen LogP contribution in [0.15, 0.2) is 0 Å². The van der Waals surface area contributed by atoms with Gasteiger partial charge >= 0.3 is 0 Å². The zero-order valence-electron chi connectivity index (χ0n) is 9.13. The largest absolute Gasteiger partial charge is 0.372 e. The molecule has 0 aromatic carbocycles. The van der Waals surface area contributed by atoms with Gasteiger partial charge < -0.3 is 10.5 Å². The zero-order valence-corrected chi connectivity index (χ0v) is 9.13. The molecular weight excluding hydrogens is 174 g/mol. The van der Waals surface area contributed by atoms with Crippen molar-refractivity contribution in [1.82, 2.24) is 0 Å². The quantitative estimate of drug-likeness (QED) is 0.703. The fourth-order valence-corrected chi connectivity index (χ4v) is 3.00. The normalized spacial score (nSPS) is 30.2. The Kier molecular flexibility index (Phi) is 3.45. The highest BCUT2D eigenvalue weighted by Crippen LogP contribution is 2.44. The van der Waals surface area contributed by atoms with E-state index >= 15 is 0 Å². The van der Waals surface area contributed by atoms with Crippen LogP contribution in [0, 0.1) is 0 Å². The van der Waals surface area contributed by atoms with E-state index in [2.05, 4.69) is 0 Å². The number of unbranched alkanes of at least 4 members (excludes halogenated alkanes) is 1. The standard InChI is InChI=1S/C12H23NO/c13-10-4-1-5-11-6-9-12(14-11)7-2-3-8-12/h11H,1-10,13H2. The molecule has 0 aromatic heterocycles. The van der Waals surface area contributed by atoms with Crippen molar-refractivity contribution in [2.24, 2.45) is 5.73 Å². The highest BCUT2D eigenvalue weighted by molar-refractivity contribution is 4.92. The third kappa shape index (κ3) is 2.29. The van der Waals surface area contributed by atoms with Gasteiger partial charge in [0.15, 0.2) is 0 Å². The van der Waals surface area contributed by atoms with Gasteiger partial charge in [-0.15, -0.1) is 0 Å². The van der Waals surface area contributed by atoms with Gasteiger partial charge in [-0.1, -0.05) is 12.8 Å². The third-order valence-corrected chi connectivity index (χ3v) is 3.83. The predicted molar refractivity (Wildman–Crippen MR) is 58.2 cm³/mol. The average Bonchev–Trinajstić information content (AvgIpc) is 2.79. The van der Waals surface area contributed by atoms with Crippen molar-refractivity contribution in [2.45, 2.75) is 69.5 Å². The molecule has 0 bridgehead atoms. The second-order valence-corrected chi connectivity index (χ2v) is 4.95. The van der Waals surface area contributed by atoms with E-state index in [1.807, 2.05) is 0 Å². The van der Waals surface area contributed by atoms with Crippen LogP contribution in [0.1, 0.15) is 57.8 Å². The summed E-state index contributed by atoms with van der Waals surface area (Å²) in [7, 11) is 0. The number of hydrogen-bond acceptors (Lipinski definition) is 2. The van der Waals surface area contributed by atoms with E-state index in [0.717, 1.165) is 13.0 Å². The Morgan fingerprint density at radius 3 is 2.64 bits per heavy atom. The summed E-state index contributed by atoms with van der Waals surface area (Å²) in [6.07, 6.45) is 12.2. The van der Waals surface area contributed by atoms with Crippen LogP contribution < -0.4 is 5.73 Å². The Bertz CT molecular complexity index is 175. The number of nitrogens with two attached hydrogens (primary N) is 1. The lowest BCUT2D eigenvalue weighted by Crippen LogP contribution is -2.24. The molecule has 2 heteroatoms. The summed E-state index contributed by atoms with van der Waals surface area (Å²) < 4.78 is 6.22. The van der Waals surface area contributed by atoms with Crippen molar-refractivity contribution in [3.8, 4) is 0 Å². The number of hydrogen-bond donors (Lipinski definition) is 1. The summed E-state index contributed by atoms with van der Waals surface area (Å²) >= 11 is 0. The molecule has 2 fully saturated rings. The van der Waals surface area contributed by atoms with Crippen LogP contribution in [0.4, 0.5) is 0 Å². The first-order valence-corrected chi connectivity index (χ1v) is 6.23. The molecule has 1 spiro atoms. The monoisotopic (exact) mass is 197 g/mol. The van der Waals surface area contributed by atoms with Gasteiger partial charge in [0.05, 0.1) is 11.7 Å². The molecule has 1 atom stereocenters. The lowest BCUT2D eigenvalue weighted by molar-refractivity contribution is -0.0394. The maximum atomic E-state index is 6.22. The molecule has 1 aliphatic heterocycles. The van der Waals surface area contributed by atoms with Crippen LogP contribution in [-0.2, 0) is 4.74 Å². The Morgan fingerprint density at radius 2 is 1.93 bits per heavy atom. The molecule has 1 saturated carbocycles. The van der Waals surface area contributed by atoms with Gasteiger partial charge in [-0.3, -0.25) is 0 Å². The second-order valence-electron chi connectivity index (χ2n) is 4.95. The first-order chi connectivity index (χ1) is 6.85. The fourth-order valence-electron chi connectivity index (χ4n) is 3.00. The molecule has 1 unspecified atom stereocenters. The lowest BCUT2D eigenvalue weighted by Gasteiger charge is -2.23. The summed E-state index contributed by atoms with van der Waals surface area (Å²) in [5.74, 6) is 0. The predicted octanol–water partition coefficient (Wildman–Crippen LogP) is 2.61. The first-order valence-electron chi connectivity index (χ1n) is 6.23. The molecule has 82 valence electrons. The summed E-state index contributed by atoms with van der Waals surface area (Å²) in [4.78, 5) is 0. The van der Waals surface area contributed by atoms with Gasteiger partial charge in [0, 0.05) is 0 Å². The molecule has 2 rings (SSSR count). The van der Waals surface area contributed by atoms with Crippen LogP contribution in [-0.4, -0.2) is 18.2 Å². The minimum absolute atomic E-state index is 0.327. The molecule has 0 amide bonds. The Hall–Kier alpha value is -0.0800. The van der Waals surface area contributed by atoms with Crippen LogP contribution in [0.25, 0.3) is 0 Å². The van der Waals surface area contributed by atoms with Gasteiger partial charge in [-0.25, -0.2) is 0 Å². The van der Waals surface area contributed by atoms with Gasteiger partial charge in [-0.05, 0) is 51.5 Å². The highest BCUT2D eigenvalue weighted by Gasteiger charge is 2.41. The van der Waals surface area contributed by atoms with Crippen molar-refractivity contribution in [3.63, 3.8) is 0 Å². The molecule has 2 aliphatic rings. The Labute approximate surface area is 87.2 Å². The van der Waals surface area contributed by atoms with Gasteiger partial charge in [0.1, 0.15) is 0 Å². The number of ether oxygens (including phenoxy) is 1. The van der Waals surface area contributed by atoms with Crippen molar-refractivity contribution < 1.29 is 4.74 Å². The van der Waals surface area contributed by atoms with Gasteiger partial charge in [0.25, 0.3) is 0 Å². The minimum Gasteiger partial charge on any atom is -0.372 e. The summed E-state index contributed by atoms with van der Waals surface area (Å²) in [6.45, 7) is 0.831. The maximum absolute atomic E-state index is 6.22. The topological polar surface area (TPSA) is 35.2 Å². The molecule has 1 aliphatic carbocycles. The second kappa shape index (κ2) is 4.63. The van der Waals surface area contributed by atoms with Crippen molar-refractivity contribution in [1.29, 1.82) is 0 Å². The molecule has 2 nitrogen and oxygen atoms in total.